The molecule has 2 aliphatic rings. The van der Waals surface area contributed by atoms with Crippen LogP contribution in [-0.4, -0.2) is 22.2 Å². The summed E-state index contributed by atoms with van der Waals surface area (Å²) in [4.78, 5) is 17.1. The molecule has 0 saturated carbocycles. The van der Waals surface area contributed by atoms with Gasteiger partial charge >= 0.3 is 0 Å². The van der Waals surface area contributed by atoms with Crippen LogP contribution in [0.25, 0.3) is 28.0 Å². The maximum Gasteiger partial charge on any atom is 0.135 e. The molecule has 4 aromatic carbocycles. The summed E-state index contributed by atoms with van der Waals surface area (Å²) in [6.07, 6.45) is 6.66. The summed E-state index contributed by atoms with van der Waals surface area (Å²) in [5.41, 5.74) is 11.2. The molecule has 0 fully saturated rings. The van der Waals surface area contributed by atoms with Gasteiger partial charge in [0.15, 0.2) is 0 Å². The molecule has 0 spiro atoms. The number of nitrogens with zero attached hydrogens (tertiary/aromatic N) is 4. The maximum atomic E-state index is 6.41. The highest BCUT2D eigenvalue weighted by Crippen LogP contribution is 2.47. The van der Waals surface area contributed by atoms with Crippen LogP contribution in [0.1, 0.15) is 28.7 Å². The summed E-state index contributed by atoms with van der Waals surface area (Å²) in [5, 5.41) is 0. The number of allylic oxidation sites excluding steroid dienone is 1. The van der Waals surface area contributed by atoms with Gasteiger partial charge in [0, 0.05) is 52.3 Å². The van der Waals surface area contributed by atoms with Gasteiger partial charge in [0.1, 0.15) is 17.3 Å². The lowest BCUT2D eigenvalue weighted by Gasteiger charge is -2.29. The largest absolute Gasteiger partial charge is 0.456 e. The fourth-order valence-corrected chi connectivity index (χ4v) is 6.40. The van der Waals surface area contributed by atoms with Crippen molar-refractivity contribution in [2.45, 2.75) is 13.0 Å². The third-order valence-electron chi connectivity index (χ3n) is 8.67. The van der Waals surface area contributed by atoms with E-state index in [4.69, 9.17) is 19.7 Å². The van der Waals surface area contributed by atoms with Crippen molar-refractivity contribution in [2.24, 2.45) is 4.99 Å². The predicted octanol–water partition coefficient (Wildman–Crippen LogP) is 9.68. The van der Waals surface area contributed by atoms with Crippen LogP contribution in [-0.2, 0) is 6.54 Å². The first-order valence-corrected chi connectivity index (χ1v) is 15.9. The zero-order chi connectivity index (χ0) is 31.6. The molecule has 2 aromatic heterocycles. The number of anilines is 2. The van der Waals surface area contributed by atoms with Gasteiger partial charge in [0.05, 0.1) is 23.6 Å². The van der Waals surface area contributed by atoms with Crippen molar-refractivity contribution in [1.29, 1.82) is 0 Å². The third kappa shape index (κ3) is 5.53. The van der Waals surface area contributed by atoms with E-state index in [1.54, 1.807) is 0 Å². The topological polar surface area (TPSA) is 50.6 Å². The van der Waals surface area contributed by atoms with Crippen molar-refractivity contribution in [2.75, 3.05) is 11.4 Å². The second-order valence-electron chi connectivity index (χ2n) is 11.6. The average Bonchev–Trinajstić information content (AvgIpc) is 3.25. The monoisotopic (exact) mass is 608 g/mol. The maximum absolute atomic E-state index is 6.41. The molecule has 4 heterocycles. The third-order valence-corrected chi connectivity index (χ3v) is 8.67. The minimum absolute atomic E-state index is 0.593. The van der Waals surface area contributed by atoms with Crippen LogP contribution in [0.15, 0.2) is 163 Å². The number of benzene rings is 4. The van der Waals surface area contributed by atoms with E-state index in [9.17, 15) is 0 Å². The van der Waals surface area contributed by atoms with Gasteiger partial charge in [0.2, 0.25) is 0 Å². The lowest BCUT2D eigenvalue weighted by Crippen LogP contribution is -2.22. The summed E-state index contributed by atoms with van der Waals surface area (Å²) in [7, 11) is 0. The highest BCUT2D eigenvalue weighted by Gasteiger charge is 2.28. The zero-order valence-electron chi connectivity index (χ0n) is 25.9. The molecular formula is C42H32N4O. The highest BCUT2D eigenvalue weighted by atomic mass is 16.5. The Bertz CT molecular complexity index is 2170. The minimum Gasteiger partial charge on any atom is -0.456 e. The van der Waals surface area contributed by atoms with Gasteiger partial charge in [-0.25, -0.2) is 4.98 Å². The van der Waals surface area contributed by atoms with E-state index >= 15 is 0 Å². The number of para-hydroxylation sites is 1. The molecule has 6 aromatic rings. The van der Waals surface area contributed by atoms with E-state index in [0.717, 1.165) is 86.3 Å². The van der Waals surface area contributed by atoms with Crippen molar-refractivity contribution in [3.05, 3.63) is 180 Å². The quantitative estimate of drug-likeness (QED) is 0.177. The zero-order valence-corrected chi connectivity index (χ0v) is 25.9. The number of aliphatic imine (C=N–C) groups is 1. The molecule has 8 rings (SSSR count). The Morgan fingerprint density at radius 2 is 1.51 bits per heavy atom. The Balaban J connectivity index is 1.19. The number of hydrogen-bond acceptors (Lipinski definition) is 5. The Morgan fingerprint density at radius 3 is 2.38 bits per heavy atom. The van der Waals surface area contributed by atoms with Gasteiger partial charge < -0.3 is 9.64 Å². The van der Waals surface area contributed by atoms with Crippen molar-refractivity contribution in [3.8, 4) is 28.1 Å². The smallest absolute Gasteiger partial charge is 0.135 e. The molecule has 226 valence electrons. The molecule has 2 bridgehead atoms. The van der Waals surface area contributed by atoms with Crippen LogP contribution in [0.3, 0.4) is 0 Å². The fourth-order valence-electron chi connectivity index (χ4n) is 6.40. The SMILES string of the molecule is C=C1/C2=C\CCN(c3cc(-c4cc(C(=NCc5ccccc5)c5ccccc5)ccn4)ccn3)c3cccc(c31)-c1ccccc1O2. The van der Waals surface area contributed by atoms with Gasteiger partial charge in [0.25, 0.3) is 0 Å². The van der Waals surface area contributed by atoms with Crippen LogP contribution in [0.4, 0.5) is 11.5 Å². The van der Waals surface area contributed by atoms with E-state index in [0.29, 0.717) is 6.54 Å². The van der Waals surface area contributed by atoms with Gasteiger partial charge in [-0.3, -0.25) is 9.98 Å². The number of hydrogen-bond donors (Lipinski definition) is 0. The lowest BCUT2D eigenvalue weighted by atomic mass is 9.91. The first kappa shape index (κ1) is 28.4. The highest BCUT2D eigenvalue weighted by molar-refractivity contribution is 6.13. The molecule has 0 radical (unpaired) electrons. The number of pyridine rings is 2. The molecule has 2 aliphatic heterocycles. The number of rotatable bonds is 6. The molecular weight excluding hydrogens is 576 g/mol. The van der Waals surface area contributed by atoms with E-state index < -0.39 is 0 Å². The Labute approximate surface area is 274 Å². The van der Waals surface area contributed by atoms with E-state index in [-0.39, 0.29) is 0 Å². The Morgan fingerprint density at radius 1 is 0.745 bits per heavy atom. The van der Waals surface area contributed by atoms with Crippen molar-refractivity contribution < 1.29 is 4.74 Å². The number of fused-ring (bicyclic) bond motifs is 3. The second-order valence-corrected chi connectivity index (χ2v) is 11.6. The summed E-state index contributed by atoms with van der Waals surface area (Å²) in [6.45, 7) is 5.84. The molecule has 0 atom stereocenters. The van der Waals surface area contributed by atoms with Crippen LogP contribution in [0.2, 0.25) is 0 Å². The molecule has 5 heteroatoms. The molecule has 0 saturated heterocycles. The normalized spacial score (nSPS) is 15.0. The molecule has 0 N–H and O–H groups in total. The van der Waals surface area contributed by atoms with Crippen LogP contribution >= 0.6 is 0 Å². The second kappa shape index (κ2) is 12.4. The fraction of sp³-hybridized carbons (Fsp3) is 0.0714. The molecule has 47 heavy (non-hydrogen) atoms. The Hall–Kier alpha value is -6.07. The van der Waals surface area contributed by atoms with Crippen molar-refractivity contribution in [1.82, 2.24) is 9.97 Å². The molecule has 0 unspecified atom stereocenters. The minimum atomic E-state index is 0.593. The van der Waals surface area contributed by atoms with Crippen LogP contribution < -0.4 is 9.64 Å². The average molecular weight is 609 g/mol. The Kier molecular flexibility index (Phi) is 7.48. The number of aromatic nitrogens is 2. The van der Waals surface area contributed by atoms with Gasteiger partial charge in [-0.15, -0.1) is 0 Å². The van der Waals surface area contributed by atoms with Crippen molar-refractivity contribution in [3.63, 3.8) is 0 Å². The first-order valence-electron chi connectivity index (χ1n) is 15.9. The first-order chi connectivity index (χ1) is 23.2. The summed E-state index contributed by atoms with van der Waals surface area (Å²) < 4.78 is 6.41. The van der Waals surface area contributed by atoms with Gasteiger partial charge in [-0.05, 0) is 60.0 Å². The number of ether oxygens (including phenoxy) is 1. The lowest BCUT2D eigenvalue weighted by molar-refractivity contribution is 0.450. The van der Waals surface area contributed by atoms with Crippen LogP contribution in [0.5, 0.6) is 5.75 Å². The summed E-state index contributed by atoms with van der Waals surface area (Å²) in [6, 6.07) is 43.6. The van der Waals surface area contributed by atoms with Crippen molar-refractivity contribution >= 4 is 22.8 Å². The van der Waals surface area contributed by atoms with E-state index in [1.165, 1.54) is 5.56 Å². The van der Waals surface area contributed by atoms with Gasteiger partial charge in [-0.2, -0.15) is 0 Å². The van der Waals surface area contributed by atoms with E-state index in [2.05, 4.69) is 109 Å². The summed E-state index contributed by atoms with van der Waals surface area (Å²) >= 11 is 0. The van der Waals surface area contributed by atoms with Crippen LogP contribution in [0, 0.1) is 0 Å². The molecule has 0 aliphatic carbocycles. The molecule has 0 amide bonds. The summed E-state index contributed by atoms with van der Waals surface area (Å²) in [5.74, 6) is 2.51. The van der Waals surface area contributed by atoms with E-state index in [1.807, 2.05) is 48.8 Å². The standard InChI is InChI=1S/C42H32N4O/c1-29-38-20-11-25-46(37-18-10-17-35(41(29)37)34-16-8-9-19-39(34)47-38)40-27-32(21-24-44-40)36-26-33(22-23-43-36)42(31-14-6-3-7-15-31)45-28-30-12-4-2-5-13-30/h2-10,12-24,26-27H,1,11,25,28H2/b38-20+,45-42?. The van der Waals surface area contributed by atoms with Gasteiger partial charge in [-0.1, -0.05) is 97.6 Å². The predicted molar refractivity (Wildman–Crippen MR) is 191 cm³/mol. The molecule has 5 nitrogen and oxygen atoms in total.